The Morgan fingerprint density at radius 3 is 1.64 bits per heavy atom. The van der Waals surface area contributed by atoms with Crippen LogP contribution in [0.1, 0.15) is 20.8 Å². The molecule has 5 nitrogen and oxygen atoms in total. The third kappa shape index (κ3) is 8.73. The Kier molecular flexibility index (Phi) is 6.64. The summed E-state index contributed by atoms with van der Waals surface area (Å²) in [6.07, 6.45) is 0. The molecule has 0 radical (unpaired) electrons. The van der Waals surface area contributed by atoms with Crippen LogP contribution in [0.3, 0.4) is 0 Å². The van der Waals surface area contributed by atoms with Gasteiger partial charge in [-0.25, -0.2) is 9.59 Å². The molecule has 2 N–H and O–H groups in total. The predicted molar refractivity (Wildman–Crippen MR) is 50.8 cm³/mol. The fourth-order valence-electron chi connectivity index (χ4n) is 0.250. The Morgan fingerprint density at radius 2 is 1.64 bits per heavy atom. The lowest BCUT2D eigenvalue weighted by atomic mass is 10.1. The van der Waals surface area contributed by atoms with E-state index >= 15 is 0 Å². The van der Waals surface area contributed by atoms with Crippen LogP contribution in [0, 0.1) is 0 Å². The normalized spacial score (nSPS) is 9.50. The molecule has 0 aliphatic heterocycles. The van der Waals surface area contributed by atoms with Crippen LogP contribution < -0.4 is 0 Å². The summed E-state index contributed by atoms with van der Waals surface area (Å²) in [6, 6.07) is 0. The van der Waals surface area contributed by atoms with E-state index in [9.17, 15) is 9.59 Å². The first-order chi connectivity index (χ1) is 6.12. The third-order valence-electron chi connectivity index (χ3n) is 1.05. The summed E-state index contributed by atoms with van der Waals surface area (Å²) in [4.78, 5) is 20.0. The number of esters is 1. The van der Waals surface area contributed by atoms with Crippen LogP contribution >= 0.6 is 0 Å². The van der Waals surface area contributed by atoms with E-state index < -0.39 is 17.5 Å². The molecule has 14 heavy (non-hydrogen) atoms. The van der Waals surface area contributed by atoms with Gasteiger partial charge >= 0.3 is 11.9 Å². The lowest BCUT2D eigenvalue weighted by Crippen LogP contribution is -2.31. The minimum Gasteiger partial charge on any atom is -0.478 e. The molecule has 0 bridgehead atoms. The number of ether oxygens (including phenoxy) is 1. The molecule has 0 saturated carbocycles. The number of carboxylic acids is 1. The number of carboxylic acid groups (broad SMARTS) is 1. The molecule has 0 aliphatic carbocycles. The summed E-state index contributed by atoms with van der Waals surface area (Å²) < 4.78 is 4.23. The first kappa shape index (κ1) is 15.1. The SMILES string of the molecule is C=C(C)C(=O)O.COC(=O)C(C)(C)O. The van der Waals surface area contributed by atoms with Crippen LogP contribution in [-0.2, 0) is 14.3 Å². The van der Waals surface area contributed by atoms with Crippen molar-refractivity contribution in [1.82, 2.24) is 0 Å². The van der Waals surface area contributed by atoms with Crippen LogP contribution in [-0.4, -0.2) is 34.9 Å². The van der Waals surface area contributed by atoms with E-state index in [1.54, 1.807) is 0 Å². The number of carbonyl (C=O) groups excluding carboxylic acids is 1. The highest BCUT2D eigenvalue weighted by Crippen LogP contribution is 2.01. The fourth-order valence-corrected chi connectivity index (χ4v) is 0.250. The highest BCUT2D eigenvalue weighted by atomic mass is 16.5. The number of aliphatic carboxylic acids is 1. The molecule has 0 spiro atoms. The number of methoxy groups -OCH3 is 1. The summed E-state index contributed by atoms with van der Waals surface area (Å²) >= 11 is 0. The first-order valence-electron chi connectivity index (χ1n) is 3.82. The minimum absolute atomic E-state index is 0.176. The Morgan fingerprint density at radius 1 is 1.36 bits per heavy atom. The summed E-state index contributed by atoms with van der Waals surface area (Å²) in [7, 11) is 1.24. The van der Waals surface area contributed by atoms with Gasteiger partial charge in [0.15, 0.2) is 5.60 Å². The standard InChI is InChI=1S/C5H10O3.C4H6O2/c1-5(2,7)4(6)8-3;1-3(2)4(5)6/h7H,1-3H3;1H2,2H3,(H,5,6). The van der Waals surface area contributed by atoms with Crippen LogP contribution in [0.5, 0.6) is 0 Å². The molecule has 0 heterocycles. The average Bonchev–Trinajstić information content (AvgIpc) is 2.02. The topological polar surface area (TPSA) is 83.8 Å². The highest BCUT2D eigenvalue weighted by Gasteiger charge is 2.23. The van der Waals surface area contributed by atoms with Crippen molar-refractivity contribution in [2.75, 3.05) is 7.11 Å². The number of carbonyl (C=O) groups is 2. The number of hydrogen-bond acceptors (Lipinski definition) is 4. The van der Waals surface area contributed by atoms with Gasteiger partial charge < -0.3 is 14.9 Å². The van der Waals surface area contributed by atoms with Gasteiger partial charge in [-0.3, -0.25) is 0 Å². The van der Waals surface area contributed by atoms with E-state index in [2.05, 4.69) is 11.3 Å². The second kappa shape index (κ2) is 6.15. The van der Waals surface area contributed by atoms with Crippen LogP contribution in [0.15, 0.2) is 12.2 Å². The average molecular weight is 204 g/mol. The monoisotopic (exact) mass is 204 g/mol. The summed E-state index contributed by atoms with van der Waals surface area (Å²) in [6.45, 7) is 7.35. The van der Waals surface area contributed by atoms with Crippen LogP contribution in [0.2, 0.25) is 0 Å². The molecule has 0 aromatic rings. The van der Waals surface area contributed by atoms with Gasteiger partial charge in [-0.1, -0.05) is 6.58 Å². The van der Waals surface area contributed by atoms with Crippen molar-refractivity contribution in [2.24, 2.45) is 0 Å². The molecule has 0 aliphatic rings. The third-order valence-corrected chi connectivity index (χ3v) is 1.05. The molecular weight excluding hydrogens is 188 g/mol. The fraction of sp³-hybridized carbons (Fsp3) is 0.556. The van der Waals surface area contributed by atoms with E-state index in [1.165, 1.54) is 27.9 Å². The van der Waals surface area contributed by atoms with E-state index in [4.69, 9.17) is 10.2 Å². The molecular formula is C9H16O5. The van der Waals surface area contributed by atoms with Crippen LogP contribution in [0.4, 0.5) is 0 Å². The Labute approximate surface area is 83.0 Å². The van der Waals surface area contributed by atoms with Gasteiger partial charge in [0.05, 0.1) is 7.11 Å². The zero-order valence-electron chi connectivity index (χ0n) is 8.83. The van der Waals surface area contributed by atoms with Crippen molar-refractivity contribution < 1.29 is 24.5 Å². The summed E-state index contributed by atoms with van der Waals surface area (Å²) in [5, 5.41) is 16.7. The van der Waals surface area contributed by atoms with Crippen molar-refractivity contribution in [1.29, 1.82) is 0 Å². The highest BCUT2D eigenvalue weighted by molar-refractivity contribution is 5.84. The summed E-state index contributed by atoms with van der Waals surface area (Å²) in [5.41, 5.74) is -1.18. The van der Waals surface area contributed by atoms with Crippen LogP contribution in [0.25, 0.3) is 0 Å². The second-order valence-corrected chi connectivity index (χ2v) is 3.14. The number of hydrogen-bond donors (Lipinski definition) is 2. The molecule has 0 atom stereocenters. The van der Waals surface area contributed by atoms with Crippen molar-refractivity contribution in [2.45, 2.75) is 26.4 Å². The quantitative estimate of drug-likeness (QED) is 0.507. The molecule has 0 amide bonds. The zero-order valence-corrected chi connectivity index (χ0v) is 8.83. The van der Waals surface area contributed by atoms with Gasteiger partial charge in [0.25, 0.3) is 0 Å². The Balaban J connectivity index is 0. The van der Waals surface area contributed by atoms with Crippen molar-refractivity contribution in [3.05, 3.63) is 12.2 Å². The zero-order chi connectivity index (χ0) is 11.9. The molecule has 0 aromatic carbocycles. The summed E-state index contributed by atoms with van der Waals surface area (Å²) in [5.74, 6) is -1.55. The Hall–Kier alpha value is -1.36. The molecule has 0 saturated heterocycles. The predicted octanol–water partition coefficient (Wildman–Crippen LogP) is 0.577. The van der Waals surface area contributed by atoms with E-state index in [0.717, 1.165) is 0 Å². The van der Waals surface area contributed by atoms with E-state index in [-0.39, 0.29) is 5.57 Å². The molecule has 82 valence electrons. The van der Waals surface area contributed by atoms with Gasteiger partial charge in [-0.05, 0) is 20.8 Å². The second-order valence-electron chi connectivity index (χ2n) is 3.14. The maximum absolute atomic E-state index is 10.4. The first-order valence-corrected chi connectivity index (χ1v) is 3.82. The number of rotatable bonds is 2. The van der Waals surface area contributed by atoms with Gasteiger partial charge in [0.2, 0.25) is 0 Å². The Bertz CT molecular complexity index is 212. The van der Waals surface area contributed by atoms with Gasteiger partial charge in [-0.15, -0.1) is 0 Å². The maximum atomic E-state index is 10.4. The molecule has 0 rings (SSSR count). The largest absolute Gasteiger partial charge is 0.478 e. The lowest BCUT2D eigenvalue weighted by Gasteiger charge is -2.12. The molecule has 0 fully saturated rings. The van der Waals surface area contributed by atoms with E-state index in [1.807, 2.05) is 0 Å². The van der Waals surface area contributed by atoms with Crippen molar-refractivity contribution >= 4 is 11.9 Å². The number of aliphatic hydroxyl groups is 1. The molecule has 0 aromatic heterocycles. The minimum atomic E-state index is -1.35. The smallest absolute Gasteiger partial charge is 0.337 e. The lowest BCUT2D eigenvalue weighted by molar-refractivity contribution is -0.158. The van der Waals surface area contributed by atoms with Crippen molar-refractivity contribution in [3.8, 4) is 0 Å². The maximum Gasteiger partial charge on any atom is 0.337 e. The molecule has 5 heteroatoms. The van der Waals surface area contributed by atoms with Gasteiger partial charge in [0, 0.05) is 5.57 Å². The van der Waals surface area contributed by atoms with Crippen molar-refractivity contribution in [3.63, 3.8) is 0 Å². The van der Waals surface area contributed by atoms with E-state index in [0.29, 0.717) is 0 Å². The van der Waals surface area contributed by atoms with Gasteiger partial charge in [0.1, 0.15) is 0 Å². The van der Waals surface area contributed by atoms with Gasteiger partial charge in [-0.2, -0.15) is 0 Å². The molecule has 0 unspecified atom stereocenters.